The highest BCUT2D eigenvalue weighted by Gasteiger charge is 2.51. The van der Waals surface area contributed by atoms with Crippen LogP contribution in [0.1, 0.15) is 19.8 Å². The van der Waals surface area contributed by atoms with E-state index in [1.165, 1.54) is 0 Å². The zero-order valence-corrected chi connectivity index (χ0v) is 10.4. The molecule has 0 unspecified atom stereocenters. The van der Waals surface area contributed by atoms with Crippen LogP contribution in [-0.4, -0.2) is 54.5 Å². The quantitative estimate of drug-likeness (QED) is 0.552. The number of likely N-dealkylation sites (N-methyl/N-ethyl adjacent to an activating group) is 1. The summed E-state index contributed by atoms with van der Waals surface area (Å²) < 4.78 is 0. The number of imide groups is 1. The van der Waals surface area contributed by atoms with E-state index in [9.17, 15) is 14.4 Å². The highest BCUT2D eigenvalue weighted by molar-refractivity contribution is 6.09. The molecule has 2 fully saturated rings. The lowest BCUT2D eigenvalue weighted by Gasteiger charge is -2.30. The second-order valence-corrected chi connectivity index (χ2v) is 4.61. The summed E-state index contributed by atoms with van der Waals surface area (Å²) in [4.78, 5) is 36.5. The Bertz CT molecular complexity index is 376. The Kier molecular flexibility index (Phi) is 3.51. The Labute approximate surface area is 105 Å². The molecule has 100 valence electrons. The van der Waals surface area contributed by atoms with Gasteiger partial charge in [0.1, 0.15) is 12.1 Å². The number of amides is 4. The Hall–Kier alpha value is -1.63. The maximum atomic E-state index is 12.3. The van der Waals surface area contributed by atoms with Gasteiger partial charge < -0.3 is 16.0 Å². The summed E-state index contributed by atoms with van der Waals surface area (Å²) >= 11 is 0. The maximum Gasteiger partial charge on any atom is 0.325 e. The molecular weight excluding hydrogens is 236 g/mol. The van der Waals surface area contributed by atoms with Gasteiger partial charge in [0.25, 0.3) is 5.91 Å². The fraction of sp³-hybridized carbons (Fsp3) is 0.727. The molecule has 7 heteroatoms. The predicted molar refractivity (Wildman–Crippen MR) is 63.8 cm³/mol. The number of urea groups is 1. The number of carbonyl (C=O) groups is 3. The van der Waals surface area contributed by atoms with Gasteiger partial charge in [-0.05, 0) is 32.9 Å². The summed E-state index contributed by atoms with van der Waals surface area (Å²) in [5, 5.41) is 8.46. The molecule has 0 aliphatic carbocycles. The molecule has 0 atom stereocenters. The fourth-order valence-corrected chi connectivity index (χ4v) is 2.41. The molecule has 7 nitrogen and oxygen atoms in total. The van der Waals surface area contributed by atoms with Crippen molar-refractivity contribution in [3.63, 3.8) is 0 Å². The first-order valence-electron chi connectivity index (χ1n) is 6.20. The third kappa shape index (κ3) is 2.17. The highest BCUT2D eigenvalue weighted by Crippen LogP contribution is 2.26. The number of hydrogen-bond acceptors (Lipinski definition) is 4. The third-order valence-corrected chi connectivity index (χ3v) is 3.38. The molecule has 0 aromatic rings. The van der Waals surface area contributed by atoms with Crippen molar-refractivity contribution in [3.05, 3.63) is 0 Å². The molecule has 18 heavy (non-hydrogen) atoms. The molecule has 0 aromatic carbocycles. The van der Waals surface area contributed by atoms with E-state index in [1.807, 2.05) is 0 Å². The second-order valence-electron chi connectivity index (χ2n) is 4.61. The Morgan fingerprint density at radius 1 is 1.39 bits per heavy atom. The van der Waals surface area contributed by atoms with Crippen molar-refractivity contribution in [1.82, 2.24) is 20.9 Å². The molecule has 0 saturated carbocycles. The van der Waals surface area contributed by atoms with E-state index in [0.29, 0.717) is 32.5 Å². The van der Waals surface area contributed by atoms with Crippen LogP contribution >= 0.6 is 0 Å². The molecule has 0 aromatic heterocycles. The molecule has 3 N–H and O–H groups in total. The number of hydrogen-bond donors (Lipinski definition) is 3. The van der Waals surface area contributed by atoms with Gasteiger partial charge in [-0.1, -0.05) is 0 Å². The summed E-state index contributed by atoms with van der Waals surface area (Å²) in [6.45, 7) is 3.46. The van der Waals surface area contributed by atoms with Gasteiger partial charge in [0, 0.05) is 6.54 Å². The minimum absolute atomic E-state index is 0.201. The van der Waals surface area contributed by atoms with E-state index in [-0.39, 0.29) is 18.4 Å². The van der Waals surface area contributed by atoms with Crippen LogP contribution in [0, 0.1) is 0 Å². The Morgan fingerprint density at radius 3 is 2.67 bits per heavy atom. The molecule has 2 saturated heterocycles. The van der Waals surface area contributed by atoms with Crippen LogP contribution < -0.4 is 16.0 Å². The molecule has 2 aliphatic rings. The van der Waals surface area contributed by atoms with Crippen LogP contribution in [0.5, 0.6) is 0 Å². The molecule has 2 rings (SSSR count). The van der Waals surface area contributed by atoms with Crippen LogP contribution in [0.15, 0.2) is 0 Å². The lowest BCUT2D eigenvalue weighted by Crippen LogP contribution is -2.54. The molecule has 4 amide bonds. The average Bonchev–Trinajstić information content (AvgIpc) is 2.55. The number of nitrogens with one attached hydrogen (secondary N) is 3. The predicted octanol–water partition coefficient (Wildman–Crippen LogP) is -1.20. The summed E-state index contributed by atoms with van der Waals surface area (Å²) in [5.74, 6) is -0.591. The van der Waals surface area contributed by atoms with Crippen LogP contribution in [0.3, 0.4) is 0 Å². The van der Waals surface area contributed by atoms with E-state index in [2.05, 4.69) is 16.0 Å². The molecule has 0 radical (unpaired) electrons. The van der Waals surface area contributed by atoms with Crippen molar-refractivity contribution >= 4 is 17.8 Å². The number of piperidine rings is 1. The minimum atomic E-state index is -0.797. The van der Waals surface area contributed by atoms with Gasteiger partial charge in [-0.25, -0.2) is 4.79 Å². The summed E-state index contributed by atoms with van der Waals surface area (Å²) in [6, 6.07) is -0.465. The minimum Gasteiger partial charge on any atom is -0.355 e. The number of carbonyl (C=O) groups excluding carboxylic acids is 3. The second kappa shape index (κ2) is 4.93. The smallest absolute Gasteiger partial charge is 0.325 e. The van der Waals surface area contributed by atoms with Crippen molar-refractivity contribution in [2.45, 2.75) is 25.3 Å². The SMILES string of the molecule is CCNC(=O)CN1C(=O)NC2(CCNCC2)C1=O. The first-order chi connectivity index (χ1) is 8.59. The standard InChI is InChI=1S/C11H18N4O3/c1-2-13-8(16)7-15-9(17)11(14-10(15)18)3-5-12-6-4-11/h12H,2-7H2,1H3,(H,13,16)(H,14,18). The van der Waals surface area contributed by atoms with Crippen molar-refractivity contribution in [1.29, 1.82) is 0 Å². The van der Waals surface area contributed by atoms with E-state index in [1.54, 1.807) is 6.92 Å². The lowest BCUT2D eigenvalue weighted by atomic mass is 9.88. The van der Waals surface area contributed by atoms with E-state index in [0.717, 1.165) is 4.90 Å². The molecule has 1 spiro atoms. The van der Waals surface area contributed by atoms with Gasteiger partial charge >= 0.3 is 6.03 Å². The van der Waals surface area contributed by atoms with E-state index >= 15 is 0 Å². The molecule has 2 heterocycles. The van der Waals surface area contributed by atoms with Gasteiger partial charge in [-0.15, -0.1) is 0 Å². The maximum absolute atomic E-state index is 12.3. The topological polar surface area (TPSA) is 90.5 Å². The van der Waals surface area contributed by atoms with Gasteiger partial charge in [0.05, 0.1) is 0 Å². The Balaban J connectivity index is 2.07. The van der Waals surface area contributed by atoms with Gasteiger partial charge in [0.15, 0.2) is 0 Å². The molecule has 0 bridgehead atoms. The fourth-order valence-electron chi connectivity index (χ4n) is 2.41. The zero-order valence-electron chi connectivity index (χ0n) is 10.4. The van der Waals surface area contributed by atoms with Crippen LogP contribution in [0.2, 0.25) is 0 Å². The van der Waals surface area contributed by atoms with Crippen LogP contribution in [-0.2, 0) is 9.59 Å². The largest absolute Gasteiger partial charge is 0.355 e. The van der Waals surface area contributed by atoms with Gasteiger partial charge in [-0.3, -0.25) is 14.5 Å². The monoisotopic (exact) mass is 254 g/mol. The third-order valence-electron chi connectivity index (χ3n) is 3.38. The number of rotatable bonds is 3. The van der Waals surface area contributed by atoms with Gasteiger partial charge in [-0.2, -0.15) is 0 Å². The van der Waals surface area contributed by atoms with Crippen molar-refractivity contribution in [3.8, 4) is 0 Å². The average molecular weight is 254 g/mol. The van der Waals surface area contributed by atoms with Crippen molar-refractivity contribution in [2.75, 3.05) is 26.2 Å². The Morgan fingerprint density at radius 2 is 2.06 bits per heavy atom. The van der Waals surface area contributed by atoms with Crippen molar-refractivity contribution in [2.24, 2.45) is 0 Å². The van der Waals surface area contributed by atoms with E-state index in [4.69, 9.17) is 0 Å². The van der Waals surface area contributed by atoms with E-state index < -0.39 is 11.6 Å². The lowest BCUT2D eigenvalue weighted by molar-refractivity contribution is -0.135. The number of nitrogens with zero attached hydrogens (tertiary/aromatic N) is 1. The molecule has 2 aliphatic heterocycles. The highest BCUT2D eigenvalue weighted by atomic mass is 16.2. The summed E-state index contributed by atoms with van der Waals surface area (Å²) in [7, 11) is 0. The van der Waals surface area contributed by atoms with Gasteiger partial charge in [0.2, 0.25) is 5.91 Å². The normalized spacial score (nSPS) is 22.2. The zero-order chi connectivity index (χ0) is 13.2. The van der Waals surface area contributed by atoms with Crippen LogP contribution in [0.25, 0.3) is 0 Å². The van der Waals surface area contributed by atoms with Crippen LogP contribution in [0.4, 0.5) is 4.79 Å². The summed E-state index contributed by atoms with van der Waals surface area (Å²) in [5.41, 5.74) is -0.797. The first-order valence-corrected chi connectivity index (χ1v) is 6.20. The molecular formula is C11H18N4O3. The van der Waals surface area contributed by atoms with Crippen molar-refractivity contribution < 1.29 is 14.4 Å². The first kappa shape index (κ1) is 12.8. The summed E-state index contributed by atoms with van der Waals surface area (Å²) in [6.07, 6.45) is 1.15.